The molecule has 0 bridgehead atoms. The van der Waals surface area contributed by atoms with E-state index in [1.165, 1.54) is 10.4 Å². The Hall–Kier alpha value is -2.59. The lowest BCUT2D eigenvalue weighted by Crippen LogP contribution is -2.22. The summed E-state index contributed by atoms with van der Waals surface area (Å²) in [5.74, 6) is 1.02. The Bertz CT molecular complexity index is 955. The number of hydrogen-bond acceptors (Lipinski definition) is 3. The van der Waals surface area contributed by atoms with Crippen LogP contribution in [0, 0.1) is 6.92 Å². The van der Waals surface area contributed by atoms with Gasteiger partial charge < -0.3 is 10.1 Å². The molecule has 0 spiro atoms. The van der Waals surface area contributed by atoms with E-state index in [4.69, 9.17) is 4.74 Å². The summed E-state index contributed by atoms with van der Waals surface area (Å²) in [5, 5.41) is 5.26. The minimum Gasteiger partial charge on any atom is -0.491 e. The zero-order chi connectivity index (χ0) is 19.0. The summed E-state index contributed by atoms with van der Waals surface area (Å²) in [7, 11) is 0. The summed E-state index contributed by atoms with van der Waals surface area (Å²) in [6.45, 7) is 6.12. The molecule has 4 rings (SSSR count). The van der Waals surface area contributed by atoms with Gasteiger partial charge in [-0.15, -0.1) is 11.3 Å². The van der Waals surface area contributed by atoms with Gasteiger partial charge in [0.05, 0.1) is 11.8 Å². The van der Waals surface area contributed by atoms with E-state index in [1.807, 2.05) is 26.0 Å². The van der Waals surface area contributed by atoms with Crippen LogP contribution in [0.15, 0.2) is 53.9 Å². The van der Waals surface area contributed by atoms with Crippen LogP contribution in [0.1, 0.15) is 42.2 Å². The lowest BCUT2D eigenvalue weighted by Gasteiger charge is -2.24. The number of aryl methyl sites for hydroxylation is 1. The van der Waals surface area contributed by atoms with Crippen LogP contribution in [0.5, 0.6) is 5.75 Å². The van der Waals surface area contributed by atoms with Crippen molar-refractivity contribution in [2.75, 3.05) is 5.32 Å². The van der Waals surface area contributed by atoms with Crippen molar-refractivity contribution in [2.24, 2.45) is 0 Å². The van der Waals surface area contributed by atoms with Crippen LogP contribution in [0.2, 0.25) is 0 Å². The summed E-state index contributed by atoms with van der Waals surface area (Å²) < 4.78 is 5.74. The Balaban J connectivity index is 1.69. The summed E-state index contributed by atoms with van der Waals surface area (Å²) >= 11 is 1.72. The number of ether oxygens (including phenoxy) is 1. The Morgan fingerprint density at radius 3 is 2.44 bits per heavy atom. The fourth-order valence-electron chi connectivity index (χ4n) is 3.49. The van der Waals surface area contributed by atoms with Gasteiger partial charge in [-0.2, -0.15) is 0 Å². The highest BCUT2D eigenvalue weighted by molar-refractivity contribution is 7.11. The van der Waals surface area contributed by atoms with Crippen molar-refractivity contribution in [1.82, 2.24) is 0 Å². The molecule has 0 fully saturated rings. The van der Waals surface area contributed by atoms with Gasteiger partial charge in [-0.1, -0.05) is 42.0 Å². The van der Waals surface area contributed by atoms with Gasteiger partial charge in [0.1, 0.15) is 5.75 Å². The smallest absolute Gasteiger partial charge is 0.225 e. The number of rotatable bonds is 4. The third-order valence-electron chi connectivity index (χ3n) is 4.81. The van der Waals surface area contributed by atoms with E-state index in [2.05, 4.69) is 54.0 Å². The van der Waals surface area contributed by atoms with Gasteiger partial charge in [0.2, 0.25) is 5.91 Å². The lowest BCUT2D eigenvalue weighted by atomic mass is 9.89. The second-order valence-corrected chi connectivity index (χ2v) is 8.21. The second kappa shape index (κ2) is 7.20. The lowest BCUT2D eigenvalue weighted by molar-refractivity contribution is -0.116. The largest absolute Gasteiger partial charge is 0.491 e. The standard InChI is InChI=1S/C23H23NO2S/c1-14(2)26-18-10-8-16(9-11-18)19-12-21(25)24-22-20(13-27-23(19)22)17-6-4-15(3)5-7-17/h4-11,13-14,19H,12H2,1-3H3,(H,24,25). The molecule has 1 unspecified atom stereocenters. The highest BCUT2D eigenvalue weighted by Crippen LogP contribution is 2.46. The quantitative estimate of drug-likeness (QED) is 0.607. The third-order valence-corrected chi connectivity index (χ3v) is 5.90. The number of carbonyl (C=O) groups excluding carboxylic acids is 1. The maximum atomic E-state index is 12.4. The number of nitrogens with one attached hydrogen (secondary N) is 1. The molecule has 0 aliphatic carbocycles. The second-order valence-electron chi connectivity index (χ2n) is 7.30. The summed E-state index contributed by atoms with van der Waals surface area (Å²) in [4.78, 5) is 13.7. The van der Waals surface area contributed by atoms with Gasteiger partial charge >= 0.3 is 0 Å². The number of thiophene rings is 1. The molecular formula is C23H23NO2S. The van der Waals surface area contributed by atoms with Crippen molar-refractivity contribution in [3.63, 3.8) is 0 Å². The Kier molecular flexibility index (Phi) is 4.75. The van der Waals surface area contributed by atoms with Crippen molar-refractivity contribution >= 4 is 22.9 Å². The Morgan fingerprint density at radius 1 is 1.07 bits per heavy atom. The molecule has 138 valence electrons. The van der Waals surface area contributed by atoms with Crippen LogP contribution in [-0.4, -0.2) is 12.0 Å². The van der Waals surface area contributed by atoms with Gasteiger partial charge in [-0.05, 0) is 44.0 Å². The van der Waals surface area contributed by atoms with E-state index in [-0.39, 0.29) is 17.9 Å². The average Bonchev–Trinajstić information content (AvgIpc) is 3.05. The molecule has 1 N–H and O–H groups in total. The maximum Gasteiger partial charge on any atom is 0.225 e. The van der Waals surface area contributed by atoms with Crippen LogP contribution in [-0.2, 0) is 4.79 Å². The van der Waals surface area contributed by atoms with E-state index in [0.29, 0.717) is 6.42 Å². The molecule has 3 aromatic rings. The first-order valence-corrected chi connectivity index (χ1v) is 10.1. The van der Waals surface area contributed by atoms with Crippen molar-refractivity contribution in [3.05, 3.63) is 69.9 Å². The molecule has 1 aliphatic heterocycles. The predicted molar refractivity (Wildman–Crippen MR) is 112 cm³/mol. The van der Waals surface area contributed by atoms with E-state index >= 15 is 0 Å². The van der Waals surface area contributed by atoms with Gasteiger partial charge in [-0.25, -0.2) is 0 Å². The average molecular weight is 378 g/mol. The maximum absolute atomic E-state index is 12.4. The van der Waals surface area contributed by atoms with Gasteiger partial charge in [0.15, 0.2) is 0 Å². The number of benzene rings is 2. The first-order chi connectivity index (χ1) is 13.0. The number of hydrogen-bond donors (Lipinski definition) is 1. The highest BCUT2D eigenvalue weighted by Gasteiger charge is 2.30. The van der Waals surface area contributed by atoms with Crippen LogP contribution < -0.4 is 10.1 Å². The number of anilines is 1. The molecule has 2 aromatic carbocycles. The normalized spacial score (nSPS) is 16.1. The van der Waals surface area contributed by atoms with Crippen molar-refractivity contribution < 1.29 is 9.53 Å². The van der Waals surface area contributed by atoms with E-state index < -0.39 is 0 Å². The highest BCUT2D eigenvalue weighted by atomic mass is 32.1. The zero-order valence-corrected chi connectivity index (χ0v) is 16.6. The molecule has 1 aromatic heterocycles. The fraction of sp³-hybridized carbons (Fsp3) is 0.261. The molecule has 3 nitrogen and oxygen atoms in total. The monoisotopic (exact) mass is 377 g/mol. The fourth-order valence-corrected chi connectivity index (χ4v) is 4.65. The summed E-state index contributed by atoms with van der Waals surface area (Å²) in [5.41, 5.74) is 5.59. The first kappa shape index (κ1) is 17.8. The van der Waals surface area contributed by atoms with E-state index in [0.717, 1.165) is 28.1 Å². The van der Waals surface area contributed by atoms with Crippen LogP contribution >= 0.6 is 11.3 Å². The topological polar surface area (TPSA) is 38.3 Å². The molecule has 27 heavy (non-hydrogen) atoms. The zero-order valence-electron chi connectivity index (χ0n) is 15.8. The SMILES string of the molecule is Cc1ccc(-c2csc3c2NC(=O)CC3c2ccc(OC(C)C)cc2)cc1. The Labute approximate surface area is 164 Å². The molecule has 1 amide bonds. The van der Waals surface area contributed by atoms with Crippen LogP contribution in [0.25, 0.3) is 11.1 Å². The molecule has 0 radical (unpaired) electrons. The number of carbonyl (C=O) groups is 1. The van der Waals surface area contributed by atoms with Crippen LogP contribution in [0.4, 0.5) is 5.69 Å². The molecular weight excluding hydrogens is 354 g/mol. The first-order valence-electron chi connectivity index (χ1n) is 9.26. The number of fused-ring (bicyclic) bond motifs is 1. The minimum absolute atomic E-state index is 0.0711. The third kappa shape index (κ3) is 3.62. The van der Waals surface area contributed by atoms with E-state index in [9.17, 15) is 4.79 Å². The summed E-state index contributed by atoms with van der Waals surface area (Å²) in [6, 6.07) is 16.6. The molecule has 1 aliphatic rings. The number of amides is 1. The molecule has 4 heteroatoms. The Morgan fingerprint density at radius 2 is 1.78 bits per heavy atom. The molecule has 0 saturated heterocycles. The minimum atomic E-state index is 0.0711. The molecule has 1 atom stereocenters. The predicted octanol–water partition coefficient (Wildman–Crippen LogP) is 5.98. The van der Waals surface area contributed by atoms with Gasteiger partial charge in [-0.3, -0.25) is 4.79 Å². The van der Waals surface area contributed by atoms with Gasteiger partial charge in [0, 0.05) is 28.2 Å². The molecule has 0 saturated carbocycles. The molecule has 2 heterocycles. The van der Waals surface area contributed by atoms with Crippen molar-refractivity contribution in [1.29, 1.82) is 0 Å². The van der Waals surface area contributed by atoms with Crippen molar-refractivity contribution in [3.8, 4) is 16.9 Å². The van der Waals surface area contributed by atoms with Crippen molar-refractivity contribution in [2.45, 2.75) is 39.2 Å². The summed E-state index contributed by atoms with van der Waals surface area (Å²) in [6.07, 6.45) is 0.628. The van der Waals surface area contributed by atoms with E-state index in [1.54, 1.807) is 11.3 Å². The van der Waals surface area contributed by atoms with Gasteiger partial charge in [0.25, 0.3) is 0 Å². The van der Waals surface area contributed by atoms with Crippen LogP contribution in [0.3, 0.4) is 0 Å².